The summed E-state index contributed by atoms with van der Waals surface area (Å²) in [6.45, 7) is 1.40. The summed E-state index contributed by atoms with van der Waals surface area (Å²) in [7, 11) is 1.89. The molecule has 0 radical (unpaired) electrons. The second-order valence-electron chi connectivity index (χ2n) is 5.61. The van der Waals surface area contributed by atoms with Gasteiger partial charge >= 0.3 is 0 Å². The van der Waals surface area contributed by atoms with Crippen LogP contribution in [0.5, 0.6) is 0 Å². The molecular weight excluding hydrogens is 314 g/mol. The normalized spacial score (nSPS) is 17.6. The van der Waals surface area contributed by atoms with Gasteiger partial charge in [0.2, 0.25) is 0 Å². The molecule has 124 valence electrons. The molecule has 1 fully saturated rings. The first-order valence-electron chi connectivity index (χ1n) is 7.76. The van der Waals surface area contributed by atoms with Crippen LogP contribution in [-0.4, -0.2) is 45.2 Å². The maximum atomic E-state index is 12.7. The number of hydrogen-bond acceptors (Lipinski definition) is 5. The quantitative estimate of drug-likeness (QED) is 0.876. The first-order valence-corrected chi connectivity index (χ1v) is 8.58. The molecule has 0 aliphatic carbocycles. The number of ether oxygens (including phenoxy) is 1. The van der Waals surface area contributed by atoms with Crippen LogP contribution in [0, 0.1) is 0 Å². The first-order chi connectivity index (χ1) is 11.2. The molecule has 1 saturated heterocycles. The molecule has 0 unspecified atom stereocenters. The Bertz CT molecular complexity index is 661. The lowest BCUT2D eigenvalue weighted by Crippen LogP contribution is -2.33. The van der Waals surface area contributed by atoms with Crippen LogP contribution in [-0.2, 0) is 18.3 Å². The number of rotatable bonds is 6. The Balaban J connectivity index is 1.74. The van der Waals surface area contributed by atoms with E-state index in [1.54, 1.807) is 11.1 Å². The van der Waals surface area contributed by atoms with Crippen LogP contribution in [0.4, 0.5) is 0 Å². The maximum absolute atomic E-state index is 12.7. The standard InChI is InChI=1S/C16H21N3O3S/c1-18-7-6-17-15(18)11-19(8-9-20)16(21)14-5-4-13(23-14)12-3-2-10-22-12/h4-7,12,20H,2-3,8-11H2,1H3/t12-/m0/s1. The average molecular weight is 335 g/mol. The van der Waals surface area contributed by atoms with E-state index in [1.165, 1.54) is 11.3 Å². The van der Waals surface area contributed by atoms with Gasteiger partial charge < -0.3 is 19.3 Å². The highest BCUT2D eigenvalue weighted by molar-refractivity contribution is 7.14. The minimum Gasteiger partial charge on any atom is -0.395 e. The highest BCUT2D eigenvalue weighted by atomic mass is 32.1. The highest BCUT2D eigenvalue weighted by Gasteiger charge is 2.23. The van der Waals surface area contributed by atoms with E-state index in [4.69, 9.17) is 4.74 Å². The Kier molecular flexibility index (Phi) is 5.09. The van der Waals surface area contributed by atoms with Crippen molar-refractivity contribution in [3.63, 3.8) is 0 Å². The van der Waals surface area contributed by atoms with Crippen LogP contribution in [0.2, 0.25) is 0 Å². The topological polar surface area (TPSA) is 67.6 Å². The second kappa shape index (κ2) is 7.25. The van der Waals surface area contributed by atoms with E-state index in [9.17, 15) is 9.90 Å². The number of amides is 1. The number of aryl methyl sites for hydroxylation is 1. The summed E-state index contributed by atoms with van der Waals surface area (Å²) < 4.78 is 7.55. The van der Waals surface area contributed by atoms with Gasteiger partial charge in [-0.1, -0.05) is 0 Å². The van der Waals surface area contributed by atoms with Crippen molar-refractivity contribution in [2.45, 2.75) is 25.5 Å². The number of aliphatic hydroxyl groups excluding tert-OH is 1. The SMILES string of the molecule is Cn1ccnc1CN(CCO)C(=O)c1ccc([C@@H]2CCCO2)s1. The molecule has 0 bridgehead atoms. The predicted molar refractivity (Wildman–Crippen MR) is 87.3 cm³/mol. The Hall–Kier alpha value is -1.70. The van der Waals surface area contributed by atoms with Crippen LogP contribution < -0.4 is 0 Å². The van der Waals surface area contributed by atoms with E-state index in [0.29, 0.717) is 18.0 Å². The molecule has 3 rings (SSSR count). The number of aromatic nitrogens is 2. The third-order valence-corrected chi connectivity index (χ3v) is 5.16. The van der Waals surface area contributed by atoms with Gasteiger partial charge in [0.05, 0.1) is 24.1 Å². The molecule has 1 aliphatic heterocycles. The van der Waals surface area contributed by atoms with Crippen LogP contribution >= 0.6 is 11.3 Å². The summed E-state index contributed by atoms with van der Waals surface area (Å²) in [4.78, 5) is 20.4. The largest absolute Gasteiger partial charge is 0.395 e. The summed E-state index contributed by atoms with van der Waals surface area (Å²) in [5.41, 5.74) is 0. The lowest BCUT2D eigenvalue weighted by Gasteiger charge is -2.20. The molecule has 0 aromatic carbocycles. The summed E-state index contributed by atoms with van der Waals surface area (Å²) in [5, 5.41) is 9.27. The van der Waals surface area contributed by atoms with E-state index in [1.807, 2.05) is 29.9 Å². The first kappa shape index (κ1) is 16.2. The smallest absolute Gasteiger partial charge is 0.264 e. The number of nitrogens with zero attached hydrogens (tertiary/aromatic N) is 3. The third kappa shape index (κ3) is 3.63. The molecule has 2 aromatic rings. The van der Waals surface area contributed by atoms with Gasteiger partial charge in [0.25, 0.3) is 5.91 Å². The van der Waals surface area contributed by atoms with Gasteiger partial charge in [-0.25, -0.2) is 4.98 Å². The molecular formula is C16H21N3O3S. The number of aliphatic hydroxyl groups is 1. The Morgan fingerprint density at radius 1 is 1.57 bits per heavy atom. The number of hydrogen-bond donors (Lipinski definition) is 1. The molecule has 3 heterocycles. The number of carbonyl (C=O) groups excluding carboxylic acids is 1. The number of thiophene rings is 1. The highest BCUT2D eigenvalue weighted by Crippen LogP contribution is 2.33. The van der Waals surface area contributed by atoms with Crippen molar-refractivity contribution in [2.24, 2.45) is 7.05 Å². The zero-order valence-electron chi connectivity index (χ0n) is 13.1. The number of carbonyl (C=O) groups is 1. The van der Waals surface area contributed by atoms with Crippen molar-refractivity contribution in [1.29, 1.82) is 0 Å². The van der Waals surface area contributed by atoms with Gasteiger partial charge in [-0.2, -0.15) is 0 Å². The zero-order valence-corrected chi connectivity index (χ0v) is 14.0. The fraction of sp³-hybridized carbons (Fsp3) is 0.500. The Labute approximate surface area is 139 Å². The second-order valence-corrected chi connectivity index (χ2v) is 6.72. The number of imidazole rings is 1. The molecule has 1 N–H and O–H groups in total. The monoisotopic (exact) mass is 335 g/mol. The van der Waals surface area contributed by atoms with Gasteiger partial charge in [-0.15, -0.1) is 11.3 Å². The van der Waals surface area contributed by atoms with Crippen LogP contribution in [0.3, 0.4) is 0 Å². The van der Waals surface area contributed by atoms with Crippen LogP contribution in [0.1, 0.15) is 39.3 Å². The minimum atomic E-state index is -0.0729. The van der Waals surface area contributed by atoms with Gasteiger partial charge in [0.1, 0.15) is 5.82 Å². The summed E-state index contributed by atoms with van der Waals surface area (Å²) >= 11 is 1.48. The van der Waals surface area contributed by atoms with Gasteiger partial charge in [0, 0.05) is 37.5 Å². The molecule has 23 heavy (non-hydrogen) atoms. The molecule has 1 amide bonds. The van der Waals surface area contributed by atoms with Gasteiger partial charge in [-0.05, 0) is 25.0 Å². The Morgan fingerprint density at radius 3 is 3.09 bits per heavy atom. The predicted octanol–water partition coefficient (Wildman–Crippen LogP) is 1.97. The van der Waals surface area contributed by atoms with Gasteiger partial charge in [0.15, 0.2) is 0 Å². The van der Waals surface area contributed by atoms with Crippen molar-refractivity contribution < 1.29 is 14.6 Å². The summed E-state index contributed by atoms with van der Waals surface area (Å²) in [6.07, 6.45) is 5.76. The van der Waals surface area contributed by atoms with Crippen molar-refractivity contribution in [2.75, 3.05) is 19.8 Å². The van der Waals surface area contributed by atoms with Crippen molar-refractivity contribution in [1.82, 2.24) is 14.5 Å². The third-order valence-electron chi connectivity index (χ3n) is 3.99. The van der Waals surface area contributed by atoms with Crippen molar-refractivity contribution >= 4 is 17.2 Å². The average Bonchev–Trinajstić information content (AvgIpc) is 3.28. The molecule has 1 aliphatic rings. The van der Waals surface area contributed by atoms with E-state index >= 15 is 0 Å². The van der Waals surface area contributed by atoms with E-state index in [2.05, 4.69) is 4.98 Å². The van der Waals surface area contributed by atoms with Crippen LogP contribution in [0.15, 0.2) is 24.5 Å². The molecule has 1 atom stereocenters. The van der Waals surface area contributed by atoms with E-state index in [-0.39, 0.29) is 18.6 Å². The molecule has 7 heteroatoms. The zero-order chi connectivity index (χ0) is 16.2. The maximum Gasteiger partial charge on any atom is 0.264 e. The molecule has 2 aromatic heterocycles. The summed E-state index contributed by atoms with van der Waals surface area (Å²) in [5.74, 6) is 0.721. The minimum absolute atomic E-state index is 0.0693. The molecule has 0 saturated carbocycles. The van der Waals surface area contributed by atoms with Crippen molar-refractivity contribution in [3.05, 3.63) is 40.1 Å². The lowest BCUT2D eigenvalue weighted by molar-refractivity contribution is 0.0706. The fourth-order valence-electron chi connectivity index (χ4n) is 2.69. The van der Waals surface area contributed by atoms with Gasteiger partial charge in [-0.3, -0.25) is 4.79 Å². The molecule has 6 nitrogen and oxygen atoms in total. The summed E-state index contributed by atoms with van der Waals surface area (Å²) in [6, 6.07) is 3.83. The van der Waals surface area contributed by atoms with E-state index in [0.717, 1.165) is 30.2 Å². The fourth-order valence-corrected chi connectivity index (χ4v) is 3.75. The Morgan fingerprint density at radius 2 is 2.43 bits per heavy atom. The lowest BCUT2D eigenvalue weighted by atomic mass is 10.2. The van der Waals surface area contributed by atoms with Crippen LogP contribution in [0.25, 0.3) is 0 Å². The van der Waals surface area contributed by atoms with E-state index < -0.39 is 0 Å². The van der Waals surface area contributed by atoms with Crippen molar-refractivity contribution in [3.8, 4) is 0 Å². The molecule has 0 spiro atoms.